The van der Waals surface area contributed by atoms with Crippen molar-refractivity contribution in [3.63, 3.8) is 0 Å². The number of halogens is 1. The number of para-hydroxylation sites is 1. The molecule has 1 aliphatic rings. The lowest BCUT2D eigenvalue weighted by Gasteiger charge is -2.18. The van der Waals surface area contributed by atoms with Gasteiger partial charge in [0, 0.05) is 18.2 Å². The third kappa shape index (κ3) is 5.31. The van der Waals surface area contributed by atoms with Crippen LogP contribution in [0.3, 0.4) is 0 Å². The molecular weight excluding hydrogens is 265 g/mol. The average Bonchev–Trinajstić information content (AvgIpc) is 3.31. The fraction of sp³-hybridized carbons (Fsp3) is 0.667. The number of nitrogens with one attached hydrogen (secondary N) is 1. The molecule has 1 fully saturated rings. The summed E-state index contributed by atoms with van der Waals surface area (Å²) in [7, 11) is 0. The highest BCUT2D eigenvalue weighted by atomic mass is 19.1. The van der Waals surface area contributed by atoms with Crippen molar-refractivity contribution >= 4 is 0 Å². The molecule has 1 atom stereocenters. The Bertz CT molecular complexity index is 431. The van der Waals surface area contributed by atoms with Crippen LogP contribution in [0.25, 0.3) is 0 Å². The van der Waals surface area contributed by atoms with Crippen molar-refractivity contribution in [2.75, 3.05) is 6.61 Å². The lowest BCUT2D eigenvalue weighted by molar-refractivity contribution is 0.222. The van der Waals surface area contributed by atoms with Gasteiger partial charge in [-0.3, -0.25) is 0 Å². The van der Waals surface area contributed by atoms with E-state index in [1.165, 1.54) is 31.7 Å². The van der Waals surface area contributed by atoms with Crippen LogP contribution in [-0.2, 0) is 6.54 Å². The van der Waals surface area contributed by atoms with E-state index in [9.17, 15) is 4.39 Å². The molecule has 1 aromatic carbocycles. The Kier molecular flexibility index (Phi) is 6.50. The van der Waals surface area contributed by atoms with Crippen molar-refractivity contribution in [2.45, 2.75) is 65.0 Å². The summed E-state index contributed by atoms with van der Waals surface area (Å²) in [6.45, 7) is 5.70. The minimum Gasteiger partial charge on any atom is -0.490 e. The predicted molar refractivity (Wildman–Crippen MR) is 85.1 cm³/mol. The largest absolute Gasteiger partial charge is 0.490 e. The van der Waals surface area contributed by atoms with E-state index in [-0.39, 0.29) is 5.82 Å². The zero-order valence-corrected chi connectivity index (χ0v) is 13.3. The topological polar surface area (TPSA) is 21.3 Å². The maximum Gasteiger partial charge on any atom is 0.165 e. The van der Waals surface area contributed by atoms with Gasteiger partial charge in [-0.05, 0) is 31.2 Å². The molecule has 0 saturated heterocycles. The molecule has 3 heteroatoms. The highest BCUT2D eigenvalue weighted by Crippen LogP contribution is 2.26. The first-order valence-corrected chi connectivity index (χ1v) is 8.38. The molecule has 2 nitrogen and oxygen atoms in total. The fourth-order valence-electron chi connectivity index (χ4n) is 2.50. The second kappa shape index (κ2) is 8.38. The first-order chi connectivity index (χ1) is 10.2. The Labute approximate surface area is 128 Å². The summed E-state index contributed by atoms with van der Waals surface area (Å²) in [5.74, 6) is 0.727. The van der Waals surface area contributed by atoms with Gasteiger partial charge in [0.25, 0.3) is 0 Å². The second-order valence-corrected chi connectivity index (χ2v) is 6.11. The zero-order valence-electron chi connectivity index (χ0n) is 13.3. The summed E-state index contributed by atoms with van der Waals surface area (Å²) in [5, 5.41) is 3.43. The lowest BCUT2D eigenvalue weighted by Crippen LogP contribution is -2.18. The van der Waals surface area contributed by atoms with Crippen LogP contribution < -0.4 is 10.1 Å². The third-order valence-corrected chi connectivity index (χ3v) is 4.21. The summed E-state index contributed by atoms with van der Waals surface area (Å²) < 4.78 is 19.9. The van der Waals surface area contributed by atoms with E-state index in [1.54, 1.807) is 6.07 Å². The minimum absolute atomic E-state index is 0.240. The molecule has 0 heterocycles. The Morgan fingerprint density at radius 2 is 2.14 bits per heavy atom. The summed E-state index contributed by atoms with van der Waals surface area (Å²) >= 11 is 0. The van der Waals surface area contributed by atoms with Gasteiger partial charge in [0.2, 0.25) is 0 Å². The van der Waals surface area contributed by atoms with E-state index in [2.05, 4.69) is 19.2 Å². The third-order valence-electron chi connectivity index (χ3n) is 4.21. The number of ether oxygens (including phenoxy) is 1. The Hall–Kier alpha value is -1.09. The van der Waals surface area contributed by atoms with E-state index in [0.29, 0.717) is 30.9 Å². The van der Waals surface area contributed by atoms with Gasteiger partial charge in [0.1, 0.15) is 0 Å². The molecule has 1 aromatic rings. The van der Waals surface area contributed by atoms with Gasteiger partial charge in [-0.15, -0.1) is 0 Å². The Morgan fingerprint density at radius 3 is 2.81 bits per heavy atom. The van der Waals surface area contributed by atoms with Crippen LogP contribution >= 0.6 is 0 Å². The van der Waals surface area contributed by atoms with Gasteiger partial charge in [-0.25, -0.2) is 4.39 Å². The number of hydrogen-bond donors (Lipinski definition) is 1. The first kappa shape index (κ1) is 16.3. The molecule has 2 rings (SSSR count). The van der Waals surface area contributed by atoms with Crippen LogP contribution in [0.2, 0.25) is 0 Å². The van der Waals surface area contributed by atoms with Crippen molar-refractivity contribution in [3.05, 3.63) is 29.6 Å². The van der Waals surface area contributed by atoms with Gasteiger partial charge < -0.3 is 10.1 Å². The van der Waals surface area contributed by atoms with E-state index < -0.39 is 0 Å². The molecule has 0 amide bonds. The van der Waals surface area contributed by atoms with E-state index in [1.807, 2.05) is 6.07 Å². The van der Waals surface area contributed by atoms with Crippen molar-refractivity contribution in [1.82, 2.24) is 5.32 Å². The predicted octanol–water partition coefficient (Wildman–Crippen LogP) is 4.67. The number of hydrogen-bond acceptors (Lipinski definition) is 2. The van der Waals surface area contributed by atoms with E-state index in [4.69, 9.17) is 4.74 Å². The number of unbranched alkanes of at least 4 members (excludes halogenated alkanes) is 1. The number of rotatable bonds is 10. The van der Waals surface area contributed by atoms with Crippen molar-refractivity contribution in [3.8, 4) is 5.75 Å². The second-order valence-electron chi connectivity index (χ2n) is 6.11. The van der Waals surface area contributed by atoms with Gasteiger partial charge >= 0.3 is 0 Å². The Balaban J connectivity index is 1.93. The maximum absolute atomic E-state index is 14.0. The summed E-state index contributed by atoms with van der Waals surface area (Å²) in [4.78, 5) is 0. The first-order valence-electron chi connectivity index (χ1n) is 8.38. The molecule has 118 valence electrons. The van der Waals surface area contributed by atoms with Crippen molar-refractivity contribution < 1.29 is 9.13 Å². The molecule has 0 aliphatic heterocycles. The molecule has 1 saturated carbocycles. The molecule has 21 heavy (non-hydrogen) atoms. The minimum atomic E-state index is -0.240. The monoisotopic (exact) mass is 293 g/mol. The SMILES string of the molecule is CCCCC(CC)COc1c(F)cccc1CNC1CC1. The van der Waals surface area contributed by atoms with Crippen LogP contribution in [0, 0.1) is 11.7 Å². The molecule has 0 aromatic heterocycles. The van der Waals surface area contributed by atoms with Crippen LogP contribution in [0.5, 0.6) is 5.75 Å². The Morgan fingerprint density at radius 1 is 1.33 bits per heavy atom. The lowest BCUT2D eigenvalue weighted by atomic mass is 10.0. The fourth-order valence-corrected chi connectivity index (χ4v) is 2.50. The van der Waals surface area contributed by atoms with Crippen LogP contribution in [0.1, 0.15) is 57.9 Å². The van der Waals surface area contributed by atoms with Crippen LogP contribution in [0.15, 0.2) is 18.2 Å². The van der Waals surface area contributed by atoms with Crippen LogP contribution in [-0.4, -0.2) is 12.6 Å². The molecule has 1 unspecified atom stereocenters. The summed E-state index contributed by atoms with van der Waals surface area (Å²) in [6, 6.07) is 5.83. The van der Waals surface area contributed by atoms with Gasteiger partial charge in [0.15, 0.2) is 11.6 Å². The average molecular weight is 293 g/mol. The maximum atomic E-state index is 14.0. The molecule has 0 spiro atoms. The van der Waals surface area contributed by atoms with Crippen molar-refractivity contribution in [1.29, 1.82) is 0 Å². The molecule has 0 bridgehead atoms. The van der Waals surface area contributed by atoms with Gasteiger partial charge in [-0.1, -0.05) is 45.2 Å². The van der Waals surface area contributed by atoms with Gasteiger partial charge in [0.05, 0.1) is 6.61 Å². The highest BCUT2D eigenvalue weighted by Gasteiger charge is 2.21. The van der Waals surface area contributed by atoms with Crippen molar-refractivity contribution in [2.24, 2.45) is 5.92 Å². The quantitative estimate of drug-likeness (QED) is 0.676. The molecular formula is C18H28FNO. The highest BCUT2D eigenvalue weighted by molar-refractivity contribution is 5.35. The summed E-state index contributed by atoms with van der Waals surface area (Å²) in [5.41, 5.74) is 0.937. The molecule has 1 N–H and O–H groups in total. The van der Waals surface area contributed by atoms with Gasteiger partial charge in [-0.2, -0.15) is 0 Å². The standard InChI is InChI=1S/C18H28FNO/c1-3-5-7-14(4-2)13-21-18-15(8-6-9-17(18)19)12-20-16-10-11-16/h6,8-9,14,16,20H,3-5,7,10-13H2,1-2H3. The van der Waals surface area contributed by atoms with E-state index in [0.717, 1.165) is 18.4 Å². The summed E-state index contributed by atoms with van der Waals surface area (Å²) in [6.07, 6.45) is 7.14. The smallest absolute Gasteiger partial charge is 0.165 e. The zero-order chi connectivity index (χ0) is 15.1. The molecule has 0 radical (unpaired) electrons. The number of benzene rings is 1. The van der Waals surface area contributed by atoms with E-state index >= 15 is 0 Å². The molecule has 1 aliphatic carbocycles. The normalized spacial score (nSPS) is 16.0. The van der Waals surface area contributed by atoms with Crippen LogP contribution in [0.4, 0.5) is 4.39 Å².